The van der Waals surface area contributed by atoms with Gasteiger partial charge in [-0.1, -0.05) is 18.2 Å². The van der Waals surface area contributed by atoms with Crippen LogP contribution in [0, 0.1) is 6.92 Å². The highest BCUT2D eigenvalue weighted by Crippen LogP contribution is 2.33. The van der Waals surface area contributed by atoms with E-state index in [2.05, 4.69) is 0 Å². The van der Waals surface area contributed by atoms with Crippen LogP contribution in [0.15, 0.2) is 47.4 Å². The number of aromatic carboxylic acids is 1. The molecular weight excluding hydrogens is 270 g/mol. The Hall–Kier alpha value is -1.94. The third-order valence-corrected chi connectivity index (χ3v) is 3.97. The zero-order valence-corrected chi connectivity index (χ0v) is 12.6. The van der Waals surface area contributed by atoms with Crippen LogP contribution in [0.2, 0.25) is 0 Å². The Kier molecular flexibility index (Phi) is 4.35. The van der Waals surface area contributed by atoms with E-state index < -0.39 is 5.97 Å². The van der Waals surface area contributed by atoms with Gasteiger partial charge in [-0.2, -0.15) is 0 Å². The van der Waals surface area contributed by atoms with Crippen molar-refractivity contribution in [3.8, 4) is 0 Å². The Morgan fingerprint density at radius 2 is 1.90 bits per heavy atom. The maximum Gasteiger partial charge on any atom is 0.338 e. The minimum absolute atomic E-state index is 0.351. The third kappa shape index (κ3) is 2.80. The van der Waals surface area contributed by atoms with E-state index in [1.54, 1.807) is 0 Å². The van der Waals surface area contributed by atoms with Crippen LogP contribution in [0.25, 0.3) is 0 Å². The number of nitrogens with zero attached hydrogens (tertiary/aromatic N) is 1. The topological polar surface area (TPSA) is 40.5 Å². The molecule has 0 amide bonds. The van der Waals surface area contributed by atoms with Gasteiger partial charge in [0, 0.05) is 17.6 Å². The number of hydrogen-bond acceptors (Lipinski definition) is 3. The average Bonchev–Trinajstić information content (AvgIpc) is 2.45. The van der Waals surface area contributed by atoms with E-state index in [1.165, 1.54) is 11.8 Å². The van der Waals surface area contributed by atoms with E-state index in [0.717, 1.165) is 16.1 Å². The fourth-order valence-corrected chi connectivity index (χ4v) is 2.77. The molecule has 2 aromatic carbocycles. The summed E-state index contributed by atoms with van der Waals surface area (Å²) in [6, 6.07) is 13.6. The molecule has 0 unspecified atom stereocenters. The van der Waals surface area contributed by atoms with Crippen LogP contribution in [0.5, 0.6) is 0 Å². The maximum atomic E-state index is 11.6. The van der Waals surface area contributed by atoms with Gasteiger partial charge >= 0.3 is 5.97 Å². The molecule has 0 aliphatic carbocycles. The van der Waals surface area contributed by atoms with Crippen LogP contribution in [0.4, 0.5) is 11.4 Å². The van der Waals surface area contributed by atoms with E-state index >= 15 is 0 Å². The van der Waals surface area contributed by atoms with Crippen molar-refractivity contribution in [3.63, 3.8) is 0 Å². The highest BCUT2D eigenvalue weighted by Gasteiger charge is 2.18. The van der Waals surface area contributed by atoms with Crippen molar-refractivity contribution in [1.29, 1.82) is 0 Å². The van der Waals surface area contributed by atoms with Crippen LogP contribution in [0.1, 0.15) is 15.9 Å². The third-order valence-electron chi connectivity index (χ3n) is 3.19. The SMILES string of the molecule is CSc1cccc(N(C)c2cccc(C)c2)c1C(=O)O. The largest absolute Gasteiger partial charge is 0.478 e. The molecule has 0 atom stereocenters. The van der Waals surface area contributed by atoms with E-state index in [9.17, 15) is 9.90 Å². The summed E-state index contributed by atoms with van der Waals surface area (Å²) in [7, 11) is 1.89. The number of carboxylic acid groups (broad SMARTS) is 1. The molecule has 0 saturated heterocycles. The van der Waals surface area contributed by atoms with E-state index in [0.29, 0.717) is 11.3 Å². The van der Waals surface area contributed by atoms with Gasteiger partial charge in [0.1, 0.15) is 0 Å². The van der Waals surface area contributed by atoms with Crippen LogP contribution < -0.4 is 4.90 Å². The first-order valence-electron chi connectivity index (χ1n) is 6.25. The lowest BCUT2D eigenvalue weighted by atomic mass is 10.1. The van der Waals surface area contributed by atoms with Crippen LogP contribution >= 0.6 is 11.8 Å². The summed E-state index contributed by atoms with van der Waals surface area (Å²) in [6.45, 7) is 2.02. The van der Waals surface area contributed by atoms with Gasteiger partial charge in [-0.15, -0.1) is 11.8 Å². The molecule has 20 heavy (non-hydrogen) atoms. The van der Waals surface area contributed by atoms with Crippen LogP contribution in [-0.2, 0) is 0 Å². The predicted octanol–water partition coefficient (Wildman–Crippen LogP) is 4.18. The molecule has 0 saturated carbocycles. The lowest BCUT2D eigenvalue weighted by molar-refractivity contribution is 0.0694. The second-order valence-corrected chi connectivity index (χ2v) is 5.41. The molecule has 104 valence electrons. The number of anilines is 2. The molecular formula is C16H17NO2S. The van der Waals surface area contributed by atoms with Crippen molar-refractivity contribution in [2.45, 2.75) is 11.8 Å². The van der Waals surface area contributed by atoms with Crippen molar-refractivity contribution in [3.05, 3.63) is 53.6 Å². The van der Waals surface area contributed by atoms with E-state index in [1.807, 2.05) is 67.6 Å². The molecule has 2 rings (SSSR count). The molecule has 3 nitrogen and oxygen atoms in total. The van der Waals surface area contributed by atoms with Crippen LogP contribution in [-0.4, -0.2) is 24.4 Å². The predicted molar refractivity (Wildman–Crippen MR) is 84.4 cm³/mol. The lowest BCUT2D eigenvalue weighted by Gasteiger charge is -2.23. The molecule has 0 bridgehead atoms. The number of hydrogen-bond donors (Lipinski definition) is 1. The van der Waals surface area contributed by atoms with Gasteiger partial charge in [-0.05, 0) is 43.0 Å². The number of carbonyl (C=O) groups is 1. The van der Waals surface area contributed by atoms with Gasteiger partial charge in [0.2, 0.25) is 0 Å². The minimum atomic E-state index is -0.899. The van der Waals surface area contributed by atoms with Gasteiger partial charge in [-0.3, -0.25) is 0 Å². The average molecular weight is 287 g/mol. The second-order valence-electron chi connectivity index (χ2n) is 4.56. The number of thioether (sulfide) groups is 1. The molecule has 0 heterocycles. The van der Waals surface area contributed by atoms with Gasteiger partial charge in [0.05, 0.1) is 11.3 Å². The van der Waals surface area contributed by atoms with Gasteiger partial charge < -0.3 is 10.0 Å². The van der Waals surface area contributed by atoms with Gasteiger partial charge in [0.25, 0.3) is 0 Å². The summed E-state index contributed by atoms with van der Waals surface area (Å²) in [4.78, 5) is 14.2. The summed E-state index contributed by atoms with van der Waals surface area (Å²) in [5.41, 5.74) is 3.18. The molecule has 4 heteroatoms. The van der Waals surface area contributed by atoms with Gasteiger partial charge in [0.15, 0.2) is 0 Å². The Morgan fingerprint density at radius 3 is 2.50 bits per heavy atom. The molecule has 0 radical (unpaired) electrons. The zero-order valence-electron chi connectivity index (χ0n) is 11.8. The normalized spacial score (nSPS) is 10.3. The fraction of sp³-hybridized carbons (Fsp3) is 0.188. The number of aryl methyl sites for hydroxylation is 1. The second kappa shape index (κ2) is 6.01. The maximum absolute atomic E-state index is 11.6. The first kappa shape index (κ1) is 14.5. The van der Waals surface area contributed by atoms with Crippen molar-refractivity contribution in [2.24, 2.45) is 0 Å². The Bertz CT molecular complexity index is 640. The standard InChI is InChI=1S/C16H17NO2S/c1-11-6-4-7-12(10-11)17(2)13-8-5-9-14(20-3)15(13)16(18)19/h4-10H,1-3H3,(H,18,19). The molecule has 0 aliphatic rings. The van der Waals surface area contributed by atoms with Crippen molar-refractivity contribution >= 4 is 29.1 Å². The van der Waals surface area contributed by atoms with Gasteiger partial charge in [-0.25, -0.2) is 4.79 Å². The quantitative estimate of drug-likeness (QED) is 0.856. The molecule has 0 aromatic heterocycles. The lowest BCUT2D eigenvalue weighted by Crippen LogP contribution is -2.15. The Labute approximate surface area is 123 Å². The zero-order chi connectivity index (χ0) is 14.7. The van der Waals surface area contributed by atoms with E-state index in [-0.39, 0.29) is 0 Å². The van der Waals surface area contributed by atoms with E-state index in [4.69, 9.17) is 0 Å². The molecule has 0 fully saturated rings. The first-order chi connectivity index (χ1) is 9.54. The highest BCUT2D eigenvalue weighted by atomic mass is 32.2. The minimum Gasteiger partial charge on any atom is -0.478 e. The van der Waals surface area contributed by atoms with Crippen molar-refractivity contribution in [2.75, 3.05) is 18.2 Å². The Balaban J connectivity index is 2.54. The summed E-state index contributed by atoms with van der Waals surface area (Å²) >= 11 is 1.45. The molecule has 0 spiro atoms. The molecule has 0 aliphatic heterocycles. The summed E-state index contributed by atoms with van der Waals surface area (Å²) < 4.78 is 0. The number of benzene rings is 2. The summed E-state index contributed by atoms with van der Waals surface area (Å²) in [5, 5.41) is 9.49. The monoisotopic (exact) mass is 287 g/mol. The highest BCUT2D eigenvalue weighted by molar-refractivity contribution is 7.98. The molecule has 1 N–H and O–H groups in total. The summed E-state index contributed by atoms with van der Waals surface area (Å²) in [5.74, 6) is -0.899. The van der Waals surface area contributed by atoms with Crippen molar-refractivity contribution in [1.82, 2.24) is 0 Å². The Morgan fingerprint density at radius 1 is 1.20 bits per heavy atom. The smallest absolute Gasteiger partial charge is 0.338 e. The molecule has 2 aromatic rings. The number of rotatable bonds is 4. The number of carboxylic acids is 1. The van der Waals surface area contributed by atoms with Crippen LogP contribution in [0.3, 0.4) is 0 Å². The first-order valence-corrected chi connectivity index (χ1v) is 7.47. The van der Waals surface area contributed by atoms with Crippen molar-refractivity contribution < 1.29 is 9.90 Å². The fourth-order valence-electron chi connectivity index (χ4n) is 2.16. The summed E-state index contributed by atoms with van der Waals surface area (Å²) in [6.07, 6.45) is 1.89.